The zero-order valence-corrected chi connectivity index (χ0v) is 31.9. The first kappa shape index (κ1) is 45.4. The van der Waals surface area contributed by atoms with Crippen LogP contribution in [0.3, 0.4) is 0 Å². The number of ether oxygens (including phenoxy) is 3. The molecule has 6 heteroatoms. The van der Waals surface area contributed by atoms with Crippen molar-refractivity contribution in [2.75, 3.05) is 13.2 Å². The molecule has 6 nitrogen and oxygen atoms in total. The van der Waals surface area contributed by atoms with E-state index in [4.69, 9.17) is 14.2 Å². The Kier molecular flexibility index (Phi) is 33.1. The SMILES string of the molecule is CCCCCCCCCC(=O)OC[C@@H](COC(=O)CCCCCCCCCCC(C)CC)OC(=O)CCCCCCCCCC(C)C. The van der Waals surface area contributed by atoms with Crippen LogP contribution in [-0.2, 0) is 28.6 Å². The number of carbonyl (C=O) groups is 3. The van der Waals surface area contributed by atoms with Crippen LogP contribution in [0.4, 0.5) is 0 Å². The largest absolute Gasteiger partial charge is 0.462 e. The lowest BCUT2D eigenvalue weighted by Gasteiger charge is -2.18. The molecule has 1 unspecified atom stereocenters. The highest BCUT2D eigenvalue weighted by molar-refractivity contribution is 5.71. The average Bonchev–Trinajstić information content (AvgIpc) is 3.05. The number of esters is 3. The standard InChI is InChI=1S/C41H78O6/c1-6-8-9-10-14-21-26-31-39(42)45-34-38(47-41(44)33-28-23-18-13-15-19-24-29-36(3)4)35-46-40(43)32-27-22-17-12-11-16-20-25-30-37(5)7-2/h36-38H,6-35H2,1-5H3/t37?,38-/m0/s1. The van der Waals surface area contributed by atoms with E-state index in [0.717, 1.165) is 69.6 Å². The lowest BCUT2D eigenvalue weighted by Crippen LogP contribution is -2.30. The van der Waals surface area contributed by atoms with E-state index in [-0.39, 0.29) is 31.1 Å². The number of rotatable bonds is 35. The third-order valence-electron chi connectivity index (χ3n) is 9.33. The van der Waals surface area contributed by atoms with Gasteiger partial charge in [-0.05, 0) is 31.1 Å². The van der Waals surface area contributed by atoms with Gasteiger partial charge in [0.15, 0.2) is 6.10 Å². The Labute approximate surface area is 291 Å². The van der Waals surface area contributed by atoms with Gasteiger partial charge in [-0.25, -0.2) is 0 Å². The van der Waals surface area contributed by atoms with Crippen molar-refractivity contribution in [3.05, 3.63) is 0 Å². The van der Waals surface area contributed by atoms with Crippen LogP contribution in [0.15, 0.2) is 0 Å². The Morgan fingerprint density at radius 1 is 0.447 bits per heavy atom. The van der Waals surface area contributed by atoms with Gasteiger partial charge in [0.2, 0.25) is 0 Å². The molecular weight excluding hydrogens is 588 g/mol. The topological polar surface area (TPSA) is 78.9 Å². The van der Waals surface area contributed by atoms with E-state index in [9.17, 15) is 14.4 Å². The van der Waals surface area contributed by atoms with Gasteiger partial charge in [0.25, 0.3) is 0 Å². The van der Waals surface area contributed by atoms with Crippen LogP contribution in [0, 0.1) is 11.8 Å². The highest BCUT2D eigenvalue weighted by Gasteiger charge is 2.19. The molecule has 0 spiro atoms. The molecule has 0 aliphatic rings. The number of hydrogen-bond acceptors (Lipinski definition) is 6. The van der Waals surface area contributed by atoms with Gasteiger partial charge in [0, 0.05) is 19.3 Å². The molecule has 0 bridgehead atoms. The monoisotopic (exact) mass is 667 g/mol. The second-order valence-electron chi connectivity index (χ2n) is 14.6. The van der Waals surface area contributed by atoms with Gasteiger partial charge in [0.05, 0.1) is 0 Å². The molecule has 0 saturated carbocycles. The maximum atomic E-state index is 12.6. The van der Waals surface area contributed by atoms with E-state index < -0.39 is 6.10 Å². The maximum absolute atomic E-state index is 12.6. The molecule has 0 N–H and O–H groups in total. The minimum absolute atomic E-state index is 0.0672. The third-order valence-corrected chi connectivity index (χ3v) is 9.33. The molecule has 0 aromatic rings. The molecule has 0 radical (unpaired) electrons. The van der Waals surface area contributed by atoms with Crippen LogP contribution in [0.25, 0.3) is 0 Å². The van der Waals surface area contributed by atoms with Gasteiger partial charge < -0.3 is 14.2 Å². The van der Waals surface area contributed by atoms with Gasteiger partial charge in [-0.3, -0.25) is 14.4 Å². The fourth-order valence-corrected chi connectivity index (χ4v) is 5.84. The fourth-order valence-electron chi connectivity index (χ4n) is 5.84. The summed E-state index contributed by atoms with van der Waals surface area (Å²) < 4.78 is 16.6. The van der Waals surface area contributed by atoms with Crippen LogP contribution in [0.5, 0.6) is 0 Å². The van der Waals surface area contributed by atoms with Crippen molar-refractivity contribution in [3.8, 4) is 0 Å². The average molecular weight is 667 g/mol. The van der Waals surface area contributed by atoms with Crippen molar-refractivity contribution >= 4 is 17.9 Å². The van der Waals surface area contributed by atoms with Crippen molar-refractivity contribution in [1.29, 1.82) is 0 Å². The highest BCUT2D eigenvalue weighted by atomic mass is 16.6. The molecule has 0 saturated heterocycles. The maximum Gasteiger partial charge on any atom is 0.306 e. The first-order valence-corrected chi connectivity index (χ1v) is 20.3. The Bertz CT molecular complexity index is 721. The molecule has 278 valence electrons. The summed E-state index contributed by atoms with van der Waals surface area (Å²) in [6, 6.07) is 0. The third kappa shape index (κ3) is 34.1. The predicted molar refractivity (Wildman–Crippen MR) is 196 cm³/mol. The molecule has 0 rings (SSSR count). The smallest absolute Gasteiger partial charge is 0.306 e. The van der Waals surface area contributed by atoms with Crippen LogP contribution in [-0.4, -0.2) is 37.2 Å². The van der Waals surface area contributed by atoms with Gasteiger partial charge in [0.1, 0.15) is 13.2 Å². The van der Waals surface area contributed by atoms with E-state index in [1.165, 1.54) is 103 Å². The molecule has 0 aromatic carbocycles. The summed E-state index contributed by atoms with van der Waals surface area (Å²) in [5.74, 6) is 0.751. The number of unbranched alkanes of at least 4 members (excludes halogenated alkanes) is 19. The molecular formula is C41H78O6. The molecule has 0 aromatic heterocycles. The summed E-state index contributed by atoms with van der Waals surface area (Å²) in [5, 5.41) is 0. The second kappa shape index (κ2) is 34.3. The van der Waals surface area contributed by atoms with Crippen LogP contribution >= 0.6 is 0 Å². The lowest BCUT2D eigenvalue weighted by molar-refractivity contribution is -0.167. The Morgan fingerprint density at radius 2 is 0.809 bits per heavy atom. The van der Waals surface area contributed by atoms with Crippen molar-refractivity contribution < 1.29 is 28.6 Å². The van der Waals surface area contributed by atoms with Gasteiger partial charge in [-0.15, -0.1) is 0 Å². The summed E-state index contributed by atoms with van der Waals surface area (Å²) in [6.07, 6.45) is 29.6. The minimum Gasteiger partial charge on any atom is -0.462 e. The van der Waals surface area contributed by atoms with Crippen LogP contribution in [0.2, 0.25) is 0 Å². The van der Waals surface area contributed by atoms with Crippen molar-refractivity contribution in [1.82, 2.24) is 0 Å². The molecule has 0 fully saturated rings. The van der Waals surface area contributed by atoms with E-state index in [2.05, 4.69) is 34.6 Å². The zero-order chi connectivity index (χ0) is 34.8. The number of carbonyl (C=O) groups excluding carboxylic acids is 3. The number of hydrogen-bond donors (Lipinski definition) is 0. The van der Waals surface area contributed by atoms with Crippen molar-refractivity contribution in [2.24, 2.45) is 11.8 Å². The summed E-state index contributed by atoms with van der Waals surface area (Å²) >= 11 is 0. The molecule has 47 heavy (non-hydrogen) atoms. The highest BCUT2D eigenvalue weighted by Crippen LogP contribution is 2.16. The summed E-state index contributed by atoms with van der Waals surface area (Å²) in [7, 11) is 0. The van der Waals surface area contributed by atoms with Crippen molar-refractivity contribution in [2.45, 2.75) is 221 Å². The predicted octanol–water partition coefficient (Wildman–Crippen LogP) is 12.2. The second-order valence-corrected chi connectivity index (χ2v) is 14.6. The van der Waals surface area contributed by atoms with Crippen LogP contribution in [0.1, 0.15) is 214 Å². The first-order valence-electron chi connectivity index (χ1n) is 20.3. The zero-order valence-electron chi connectivity index (χ0n) is 31.9. The molecule has 0 amide bonds. The summed E-state index contributed by atoms with van der Waals surface area (Å²) in [6.45, 7) is 11.2. The van der Waals surface area contributed by atoms with Crippen molar-refractivity contribution in [3.63, 3.8) is 0 Å². The minimum atomic E-state index is -0.759. The van der Waals surface area contributed by atoms with E-state index >= 15 is 0 Å². The normalized spacial score (nSPS) is 12.6. The Morgan fingerprint density at radius 3 is 1.21 bits per heavy atom. The molecule has 0 heterocycles. The fraction of sp³-hybridized carbons (Fsp3) is 0.927. The van der Waals surface area contributed by atoms with E-state index in [1.807, 2.05) is 0 Å². The Hall–Kier alpha value is -1.59. The van der Waals surface area contributed by atoms with Gasteiger partial charge in [-0.2, -0.15) is 0 Å². The lowest BCUT2D eigenvalue weighted by atomic mass is 9.99. The van der Waals surface area contributed by atoms with Gasteiger partial charge in [-0.1, -0.05) is 176 Å². The summed E-state index contributed by atoms with van der Waals surface area (Å²) in [5.41, 5.74) is 0. The molecule has 2 atom stereocenters. The molecule has 0 aliphatic carbocycles. The first-order chi connectivity index (χ1) is 22.8. The van der Waals surface area contributed by atoms with E-state index in [0.29, 0.717) is 19.3 Å². The quantitative estimate of drug-likeness (QED) is 0.0380. The molecule has 0 aliphatic heterocycles. The van der Waals surface area contributed by atoms with Crippen LogP contribution < -0.4 is 0 Å². The van der Waals surface area contributed by atoms with Gasteiger partial charge >= 0.3 is 17.9 Å². The van der Waals surface area contributed by atoms with E-state index in [1.54, 1.807) is 0 Å². The summed E-state index contributed by atoms with van der Waals surface area (Å²) in [4.78, 5) is 37.4. The Balaban J connectivity index is 4.33.